The zero-order valence-electron chi connectivity index (χ0n) is 26.2. The summed E-state index contributed by atoms with van der Waals surface area (Å²) in [7, 11) is 3.74. The van der Waals surface area contributed by atoms with Gasteiger partial charge in [0.2, 0.25) is 11.8 Å². The Hall–Kier alpha value is -4.82. The molecule has 3 amide bonds. The maximum absolute atomic E-state index is 13.6. The van der Waals surface area contributed by atoms with E-state index in [4.69, 9.17) is 14.2 Å². The number of nitrogens with one attached hydrogen (secondary N) is 3. The second-order valence-electron chi connectivity index (χ2n) is 11.0. The number of Topliss-reactive ketones (excluding diaryl/α,β-unsaturated/α-hetero) is 1. The lowest BCUT2D eigenvalue weighted by atomic mass is 9.95. The van der Waals surface area contributed by atoms with E-state index in [0.717, 1.165) is 14.2 Å². The molecule has 3 N–H and O–H groups in total. The van der Waals surface area contributed by atoms with Gasteiger partial charge in [0, 0.05) is 23.4 Å². The highest BCUT2D eigenvalue weighted by Crippen LogP contribution is 2.27. The van der Waals surface area contributed by atoms with E-state index < -0.39 is 66.7 Å². The van der Waals surface area contributed by atoms with Crippen LogP contribution < -0.4 is 15.4 Å². The number of ether oxygens (including phenoxy) is 5. The highest BCUT2D eigenvalue weighted by molar-refractivity contribution is 6.02. The number of fused-ring (bicyclic) bond motifs is 1. The molecule has 1 aromatic heterocycles. The molecule has 1 aliphatic rings. The smallest absolute Gasteiger partial charge is 0.496 e. The van der Waals surface area contributed by atoms with E-state index in [0.29, 0.717) is 23.1 Å². The van der Waals surface area contributed by atoms with Crippen molar-refractivity contribution in [1.29, 1.82) is 0 Å². The third-order valence-electron chi connectivity index (χ3n) is 7.37. The van der Waals surface area contributed by atoms with Crippen LogP contribution in [-0.2, 0) is 33.3 Å². The van der Waals surface area contributed by atoms with E-state index in [-0.39, 0.29) is 31.0 Å². The van der Waals surface area contributed by atoms with E-state index in [1.54, 1.807) is 24.3 Å². The number of hydrogen-bond donors (Lipinski definition) is 3. The van der Waals surface area contributed by atoms with Gasteiger partial charge in [0.25, 0.3) is 5.91 Å². The minimum atomic E-state index is -1.25. The van der Waals surface area contributed by atoms with Crippen LogP contribution in [0.4, 0.5) is 9.59 Å². The Kier molecular flexibility index (Phi) is 12.1. The average Bonchev–Trinajstić information content (AvgIpc) is 3.62. The standard InChI is InChI=1S/C30H40N4O11/c1-16(2)12-22(33-27(37)23-14-19-20(31-23)8-7-9-25(19)41-4)26(36)32-21(24(35)15-44-29(39)42-5)13-18-10-11-34(28(18)38)17(3)45-30(40)43-6/h7-9,14,16-18,21-22,31H,10-13,15H2,1-6H3,(H,32,36)(H,33,37)/t17-,18-,21-,22-/m0/s1. The maximum Gasteiger partial charge on any atom is 0.509 e. The number of aromatic nitrogens is 1. The number of hydrogen-bond acceptors (Lipinski definition) is 11. The summed E-state index contributed by atoms with van der Waals surface area (Å²) in [6.07, 6.45) is -2.55. The lowest BCUT2D eigenvalue weighted by Gasteiger charge is -2.26. The average molecular weight is 633 g/mol. The molecule has 3 rings (SSSR count). The number of methoxy groups -OCH3 is 3. The van der Waals surface area contributed by atoms with Crippen molar-refractivity contribution in [2.24, 2.45) is 11.8 Å². The Morgan fingerprint density at radius 2 is 1.71 bits per heavy atom. The molecule has 0 spiro atoms. The quantitative estimate of drug-likeness (QED) is 0.259. The topological polar surface area (TPSA) is 192 Å². The Bertz CT molecular complexity index is 1410. The van der Waals surface area contributed by atoms with Gasteiger partial charge in [-0.3, -0.25) is 19.2 Å². The summed E-state index contributed by atoms with van der Waals surface area (Å²) in [5.41, 5.74) is 0.873. The van der Waals surface area contributed by atoms with Gasteiger partial charge in [0.05, 0.1) is 27.4 Å². The van der Waals surface area contributed by atoms with Gasteiger partial charge >= 0.3 is 12.3 Å². The predicted octanol–water partition coefficient (Wildman–Crippen LogP) is 2.53. The molecule has 4 atom stereocenters. The number of benzene rings is 1. The number of nitrogens with zero attached hydrogens (tertiary/aromatic N) is 1. The van der Waals surface area contributed by atoms with Crippen LogP contribution in [0.1, 0.15) is 50.5 Å². The number of amides is 3. The highest BCUT2D eigenvalue weighted by atomic mass is 16.7. The van der Waals surface area contributed by atoms with E-state index in [1.165, 1.54) is 18.9 Å². The third-order valence-corrected chi connectivity index (χ3v) is 7.37. The van der Waals surface area contributed by atoms with Crippen LogP contribution in [0.15, 0.2) is 24.3 Å². The molecule has 0 bridgehead atoms. The number of carbonyl (C=O) groups excluding carboxylic acids is 6. The summed E-state index contributed by atoms with van der Waals surface area (Å²) in [5, 5.41) is 6.08. The molecule has 45 heavy (non-hydrogen) atoms. The first-order valence-electron chi connectivity index (χ1n) is 14.4. The molecule has 1 aromatic carbocycles. The van der Waals surface area contributed by atoms with E-state index >= 15 is 0 Å². The number of aromatic amines is 1. The van der Waals surface area contributed by atoms with Gasteiger partial charge in [-0.05, 0) is 50.3 Å². The summed E-state index contributed by atoms with van der Waals surface area (Å²) >= 11 is 0. The molecule has 0 aliphatic carbocycles. The van der Waals surface area contributed by atoms with Crippen molar-refractivity contribution < 1.29 is 52.5 Å². The van der Waals surface area contributed by atoms with Crippen LogP contribution in [0.5, 0.6) is 5.75 Å². The normalized spacial score (nSPS) is 16.5. The number of likely N-dealkylation sites (tertiary alicyclic amines) is 1. The van der Waals surface area contributed by atoms with Gasteiger partial charge < -0.3 is 44.2 Å². The molecular weight excluding hydrogens is 592 g/mol. The summed E-state index contributed by atoms with van der Waals surface area (Å²) in [6, 6.07) is 4.63. The lowest BCUT2D eigenvalue weighted by molar-refractivity contribution is -0.140. The van der Waals surface area contributed by atoms with Crippen molar-refractivity contribution in [3.63, 3.8) is 0 Å². The van der Waals surface area contributed by atoms with Gasteiger partial charge in [0.1, 0.15) is 17.5 Å². The summed E-state index contributed by atoms with van der Waals surface area (Å²) in [4.78, 5) is 80.6. The van der Waals surface area contributed by atoms with Crippen LogP contribution in [0.2, 0.25) is 0 Å². The van der Waals surface area contributed by atoms with Crippen molar-refractivity contribution in [2.75, 3.05) is 34.5 Å². The van der Waals surface area contributed by atoms with Crippen molar-refractivity contribution >= 4 is 46.7 Å². The lowest BCUT2D eigenvalue weighted by Crippen LogP contribution is -2.53. The van der Waals surface area contributed by atoms with Gasteiger partial charge in [-0.2, -0.15) is 0 Å². The first kappa shape index (κ1) is 34.7. The van der Waals surface area contributed by atoms with Gasteiger partial charge in [0.15, 0.2) is 18.6 Å². The molecule has 15 nitrogen and oxygen atoms in total. The largest absolute Gasteiger partial charge is 0.509 e. The predicted molar refractivity (Wildman–Crippen MR) is 158 cm³/mol. The van der Waals surface area contributed by atoms with Gasteiger partial charge in [-0.15, -0.1) is 0 Å². The van der Waals surface area contributed by atoms with Crippen LogP contribution in [0.3, 0.4) is 0 Å². The molecule has 0 saturated carbocycles. The molecule has 15 heteroatoms. The minimum absolute atomic E-state index is 0.0260. The molecule has 1 fully saturated rings. The monoisotopic (exact) mass is 632 g/mol. The summed E-state index contributed by atoms with van der Waals surface area (Å²) in [6.45, 7) is 4.76. The van der Waals surface area contributed by atoms with Crippen LogP contribution >= 0.6 is 0 Å². The van der Waals surface area contributed by atoms with Gasteiger partial charge in [-0.1, -0.05) is 19.9 Å². The Morgan fingerprint density at radius 1 is 1.00 bits per heavy atom. The fourth-order valence-corrected chi connectivity index (χ4v) is 5.08. The molecule has 246 valence electrons. The van der Waals surface area contributed by atoms with E-state index in [1.807, 2.05) is 13.8 Å². The Morgan fingerprint density at radius 3 is 2.36 bits per heavy atom. The van der Waals surface area contributed by atoms with Gasteiger partial charge in [-0.25, -0.2) is 9.59 Å². The van der Waals surface area contributed by atoms with E-state index in [2.05, 4.69) is 25.1 Å². The summed E-state index contributed by atoms with van der Waals surface area (Å²) < 4.78 is 24.1. The fourth-order valence-electron chi connectivity index (χ4n) is 5.08. The molecule has 0 radical (unpaired) electrons. The zero-order chi connectivity index (χ0) is 33.3. The Labute approximate surface area is 260 Å². The number of ketones is 1. The highest BCUT2D eigenvalue weighted by Gasteiger charge is 2.39. The van der Waals surface area contributed by atoms with Crippen molar-refractivity contribution in [2.45, 2.75) is 58.3 Å². The molecular formula is C30H40N4O11. The molecule has 2 aromatic rings. The SMILES string of the molecule is COC(=O)OCC(=O)[C@H](C[C@@H]1CCN([C@H](C)OC(=O)OC)C1=O)NC(=O)[C@H](CC(C)C)NC(=O)c1cc2c(OC)cccc2[nH]1. The summed E-state index contributed by atoms with van der Waals surface area (Å²) in [5.74, 6) is -2.47. The molecule has 1 saturated heterocycles. The van der Waals surface area contributed by atoms with Crippen molar-refractivity contribution in [3.05, 3.63) is 30.0 Å². The first-order valence-corrected chi connectivity index (χ1v) is 14.4. The molecule has 0 unspecified atom stereocenters. The second kappa shape index (κ2) is 15.8. The fraction of sp³-hybridized carbons (Fsp3) is 0.533. The second-order valence-corrected chi connectivity index (χ2v) is 11.0. The third kappa shape index (κ3) is 9.09. The number of H-pyrrole nitrogens is 1. The van der Waals surface area contributed by atoms with Crippen LogP contribution in [0, 0.1) is 11.8 Å². The zero-order valence-corrected chi connectivity index (χ0v) is 26.2. The van der Waals surface area contributed by atoms with Crippen LogP contribution in [-0.4, -0.2) is 98.5 Å². The molecule has 1 aliphatic heterocycles. The minimum Gasteiger partial charge on any atom is -0.496 e. The van der Waals surface area contributed by atoms with E-state index in [9.17, 15) is 28.8 Å². The Balaban J connectivity index is 1.78. The number of rotatable bonds is 14. The number of carbonyl (C=O) groups is 6. The van der Waals surface area contributed by atoms with Crippen molar-refractivity contribution in [1.82, 2.24) is 20.5 Å². The maximum atomic E-state index is 13.6. The first-order chi connectivity index (χ1) is 21.4. The molecule has 2 heterocycles. The van der Waals surface area contributed by atoms with Crippen molar-refractivity contribution in [3.8, 4) is 5.75 Å². The van der Waals surface area contributed by atoms with Crippen LogP contribution in [0.25, 0.3) is 10.9 Å².